The van der Waals surface area contributed by atoms with E-state index in [0.717, 1.165) is 22.8 Å². The molecule has 1 aromatic heterocycles. The van der Waals surface area contributed by atoms with Crippen LogP contribution < -0.4 is 0 Å². The van der Waals surface area contributed by atoms with Gasteiger partial charge in [0, 0.05) is 28.8 Å². The van der Waals surface area contributed by atoms with Gasteiger partial charge in [0.2, 0.25) is 0 Å². The van der Waals surface area contributed by atoms with Gasteiger partial charge in [0.25, 0.3) is 0 Å². The van der Waals surface area contributed by atoms with Crippen LogP contribution in [0.3, 0.4) is 0 Å². The molecule has 0 unspecified atom stereocenters. The first kappa shape index (κ1) is 24.3. The highest BCUT2D eigenvalue weighted by molar-refractivity contribution is 7.09. The Morgan fingerprint density at radius 1 is 1.15 bits per heavy atom. The Morgan fingerprint density at radius 3 is 2.55 bits per heavy atom. The molecule has 0 spiro atoms. The minimum absolute atomic E-state index is 0.0651. The first-order valence-corrected chi connectivity index (χ1v) is 10.8. The number of carbonyl (C=O) groups is 1. The third-order valence-corrected chi connectivity index (χ3v) is 5.56. The molecule has 0 saturated carbocycles. The molecule has 9 heteroatoms. The lowest BCUT2D eigenvalue weighted by atomic mass is 9.99. The van der Waals surface area contributed by atoms with E-state index < -0.39 is 23.5 Å². The smallest absolute Gasteiger partial charge is 0.417 e. The van der Waals surface area contributed by atoms with Crippen molar-refractivity contribution in [2.45, 2.75) is 32.5 Å². The summed E-state index contributed by atoms with van der Waals surface area (Å²) in [7, 11) is 0. The topological polar surface area (TPSA) is 79.7 Å². The van der Waals surface area contributed by atoms with Crippen LogP contribution in [0, 0.1) is 18.8 Å². The van der Waals surface area contributed by atoms with Crippen molar-refractivity contribution in [1.82, 2.24) is 4.98 Å². The highest BCUT2D eigenvalue weighted by Crippen LogP contribution is 2.33. The molecule has 0 radical (unpaired) electrons. The van der Waals surface area contributed by atoms with E-state index in [4.69, 9.17) is 4.74 Å². The monoisotopic (exact) mass is 475 g/mol. The number of aromatic nitrogens is 1. The van der Waals surface area contributed by atoms with Crippen LogP contribution in [-0.4, -0.2) is 27.8 Å². The van der Waals surface area contributed by atoms with Crippen LogP contribution in [0.4, 0.5) is 13.2 Å². The molecule has 3 rings (SSSR count). The summed E-state index contributed by atoms with van der Waals surface area (Å²) in [6.07, 6.45) is -3.68. The fraction of sp³-hybridized carbons (Fsp3) is 0.250. The SMILES string of the molecule is Cc1csc(COCCCc2cc(C(=O)O)ccc2C#Cc2ccc(O)cc2C(F)(F)F)n1. The van der Waals surface area contributed by atoms with Gasteiger partial charge in [-0.2, -0.15) is 13.2 Å². The number of benzene rings is 2. The Morgan fingerprint density at radius 2 is 1.88 bits per heavy atom. The van der Waals surface area contributed by atoms with Crippen LogP contribution in [0.1, 0.15) is 49.7 Å². The fourth-order valence-electron chi connectivity index (χ4n) is 3.06. The Bertz CT molecular complexity index is 1210. The molecule has 0 aliphatic carbocycles. The largest absolute Gasteiger partial charge is 0.508 e. The van der Waals surface area contributed by atoms with Gasteiger partial charge in [-0.05, 0) is 61.7 Å². The normalized spacial score (nSPS) is 11.2. The number of rotatable bonds is 7. The molecule has 3 aromatic rings. The van der Waals surface area contributed by atoms with Gasteiger partial charge >= 0.3 is 12.1 Å². The number of phenols is 1. The van der Waals surface area contributed by atoms with Crippen molar-refractivity contribution in [3.63, 3.8) is 0 Å². The predicted molar refractivity (Wildman–Crippen MR) is 117 cm³/mol. The standard InChI is InChI=1S/C24H20F3NO4S/c1-15-14-33-22(28-15)13-32-10-2-3-18-11-19(23(30)31)7-5-16(18)4-6-17-8-9-20(29)12-21(17)24(25,26)27/h5,7-9,11-12,14,29H,2-3,10,13H2,1H3,(H,30,31). The Labute approximate surface area is 192 Å². The van der Waals surface area contributed by atoms with Crippen molar-refractivity contribution in [1.29, 1.82) is 0 Å². The summed E-state index contributed by atoms with van der Waals surface area (Å²) in [4.78, 5) is 15.7. The van der Waals surface area contributed by atoms with E-state index in [2.05, 4.69) is 16.8 Å². The molecule has 0 aliphatic rings. The number of carboxylic acids is 1. The lowest BCUT2D eigenvalue weighted by Crippen LogP contribution is -2.07. The van der Waals surface area contributed by atoms with Crippen LogP contribution in [0.15, 0.2) is 41.8 Å². The molecule has 172 valence electrons. The summed E-state index contributed by atoms with van der Waals surface area (Å²) in [6, 6.07) is 7.18. The fourth-order valence-corrected chi connectivity index (χ4v) is 3.77. The molecular weight excluding hydrogens is 455 g/mol. The summed E-state index contributed by atoms with van der Waals surface area (Å²) < 4.78 is 45.4. The minimum atomic E-state index is -4.67. The second-order valence-corrected chi connectivity index (χ2v) is 8.14. The van der Waals surface area contributed by atoms with E-state index in [1.165, 1.54) is 29.5 Å². The number of halogens is 3. The number of aromatic carboxylic acids is 1. The summed E-state index contributed by atoms with van der Waals surface area (Å²) in [5, 5.41) is 21.5. The van der Waals surface area contributed by atoms with Crippen LogP contribution in [-0.2, 0) is 23.9 Å². The lowest BCUT2D eigenvalue weighted by Gasteiger charge is -2.10. The number of hydrogen-bond acceptors (Lipinski definition) is 5. The second-order valence-electron chi connectivity index (χ2n) is 7.19. The van der Waals surface area contributed by atoms with Crippen LogP contribution >= 0.6 is 11.3 Å². The minimum Gasteiger partial charge on any atom is -0.508 e. The molecule has 2 N–H and O–H groups in total. The number of hydrogen-bond donors (Lipinski definition) is 2. The molecule has 0 fully saturated rings. The molecular formula is C24H20F3NO4S. The zero-order valence-electron chi connectivity index (χ0n) is 17.6. The lowest BCUT2D eigenvalue weighted by molar-refractivity contribution is -0.137. The zero-order valence-corrected chi connectivity index (χ0v) is 18.4. The number of aryl methyl sites for hydroxylation is 2. The predicted octanol–water partition coefficient (Wildman–Crippen LogP) is 5.42. The number of carboxylic acid groups (broad SMARTS) is 1. The molecule has 5 nitrogen and oxygen atoms in total. The van der Waals surface area contributed by atoms with Crippen molar-refractivity contribution >= 4 is 17.3 Å². The van der Waals surface area contributed by atoms with Gasteiger partial charge in [-0.3, -0.25) is 0 Å². The number of thiazole rings is 1. The van der Waals surface area contributed by atoms with Crippen LogP contribution in [0.5, 0.6) is 5.75 Å². The molecule has 33 heavy (non-hydrogen) atoms. The van der Waals surface area contributed by atoms with Crippen LogP contribution in [0.25, 0.3) is 0 Å². The van der Waals surface area contributed by atoms with E-state index in [1.807, 2.05) is 12.3 Å². The highest BCUT2D eigenvalue weighted by Gasteiger charge is 2.33. The van der Waals surface area contributed by atoms with E-state index in [1.54, 1.807) is 0 Å². The number of aromatic hydroxyl groups is 1. The Kier molecular flexibility index (Phi) is 7.74. The first-order valence-electron chi connectivity index (χ1n) is 9.90. The van der Waals surface area contributed by atoms with Gasteiger partial charge in [0.15, 0.2) is 0 Å². The summed E-state index contributed by atoms with van der Waals surface area (Å²) in [5.74, 6) is 3.62. The van der Waals surface area contributed by atoms with Crippen molar-refractivity contribution < 1.29 is 32.9 Å². The maximum absolute atomic E-state index is 13.3. The maximum atomic E-state index is 13.3. The second kappa shape index (κ2) is 10.5. The van der Waals surface area contributed by atoms with Crippen molar-refractivity contribution in [2.75, 3.05) is 6.61 Å². The van der Waals surface area contributed by atoms with Gasteiger partial charge in [0.05, 0.1) is 17.7 Å². The van der Waals surface area contributed by atoms with Gasteiger partial charge < -0.3 is 14.9 Å². The number of phenolic OH excluding ortho intramolecular Hbond substituents is 1. The maximum Gasteiger partial charge on any atom is 0.417 e. The van der Waals surface area contributed by atoms with Crippen molar-refractivity contribution in [2.24, 2.45) is 0 Å². The van der Waals surface area contributed by atoms with E-state index in [0.29, 0.717) is 43.2 Å². The van der Waals surface area contributed by atoms with Gasteiger partial charge in [-0.1, -0.05) is 11.8 Å². The summed E-state index contributed by atoms with van der Waals surface area (Å²) >= 11 is 1.50. The molecule has 0 saturated heterocycles. The molecule has 0 amide bonds. The van der Waals surface area contributed by atoms with Gasteiger partial charge in [0.1, 0.15) is 10.8 Å². The average molecular weight is 475 g/mol. The summed E-state index contributed by atoms with van der Waals surface area (Å²) in [6.45, 7) is 2.67. The zero-order chi connectivity index (χ0) is 24.0. The number of nitrogens with zero attached hydrogens (tertiary/aromatic N) is 1. The number of ether oxygens (including phenoxy) is 1. The molecule has 0 bridgehead atoms. The van der Waals surface area contributed by atoms with E-state index in [9.17, 15) is 28.2 Å². The molecule has 0 aliphatic heterocycles. The van der Waals surface area contributed by atoms with Crippen molar-refractivity contribution in [3.8, 4) is 17.6 Å². The Balaban J connectivity index is 1.77. The number of alkyl halides is 3. The molecule has 0 atom stereocenters. The van der Waals surface area contributed by atoms with Gasteiger partial charge in [-0.15, -0.1) is 11.3 Å². The van der Waals surface area contributed by atoms with Crippen molar-refractivity contribution in [3.05, 3.63) is 80.3 Å². The third-order valence-electron chi connectivity index (χ3n) is 4.62. The first-order chi connectivity index (χ1) is 15.6. The van der Waals surface area contributed by atoms with Gasteiger partial charge in [-0.25, -0.2) is 9.78 Å². The van der Waals surface area contributed by atoms with Crippen LogP contribution in [0.2, 0.25) is 0 Å². The average Bonchev–Trinajstić information content (AvgIpc) is 3.17. The third kappa shape index (κ3) is 6.81. The summed E-state index contributed by atoms with van der Waals surface area (Å²) in [5.41, 5.74) is 0.699. The molecule has 2 aromatic carbocycles. The van der Waals surface area contributed by atoms with E-state index in [-0.39, 0.29) is 11.1 Å². The quantitative estimate of drug-likeness (QED) is 0.352. The van der Waals surface area contributed by atoms with E-state index >= 15 is 0 Å². The Hall–Kier alpha value is -3.35. The highest BCUT2D eigenvalue weighted by atomic mass is 32.1. The molecule has 1 heterocycles.